The second kappa shape index (κ2) is 20.7. The number of halogens is 1. The maximum absolute atomic E-state index is 12.1. The molecule has 6 aromatic carbocycles. The molecular formula is C57H39ClN16O. The zero-order chi connectivity index (χ0) is 51.3. The van der Waals surface area contributed by atoms with Gasteiger partial charge in [0.15, 0.2) is 11.6 Å². The second-order valence-electron chi connectivity index (χ2n) is 17.2. The lowest BCUT2D eigenvalue weighted by Crippen LogP contribution is -2.11. The van der Waals surface area contributed by atoms with E-state index in [1.165, 1.54) is 6.07 Å². The van der Waals surface area contributed by atoms with Gasteiger partial charge in [0.2, 0.25) is 0 Å². The molecule has 360 valence electrons. The first kappa shape index (κ1) is 47.0. The maximum Gasteiger partial charge on any atom is 0.251 e. The predicted molar refractivity (Wildman–Crippen MR) is 287 cm³/mol. The van der Waals surface area contributed by atoms with Crippen LogP contribution in [0.15, 0.2) is 186 Å². The highest BCUT2D eigenvalue weighted by molar-refractivity contribution is 6.29. The highest BCUT2D eigenvalue weighted by atomic mass is 35.5. The number of anilines is 1. The third-order valence-electron chi connectivity index (χ3n) is 12.3. The first-order valence-electron chi connectivity index (χ1n) is 23.4. The summed E-state index contributed by atoms with van der Waals surface area (Å²) in [6.45, 7) is 0. The number of fused-ring (bicyclic) bond motifs is 18. The molecule has 2 aliphatic heterocycles. The lowest BCUT2D eigenvalue weighted by molar-refractivity contribution is 0.803. The number of nitrogens with two attached hydrogens (primary N) is 1. The van der Waals surface area contributed by atoms with Gasteiger partial charge in [0.1, 0.15) is 28.2 Å². The van der Waals surface area contributed by atoms with Gasteiger partial charge in [0.25, 0.3) is 5.56 Å². The summed E-state index contributed by atoms with van der Waals surface area (Å²) in [5, 5.41) is 21.4. The van der Waals surface area contributed by atoms with E-state index in [-0.39, 0.29) is 5.56 Å². The summed E-state index contributed by atoms with van der Waals surface area (Å²) in [5.41, 5.74) is 28.9. The SMILES string of the molecule is C#Cc1ccccc1Cc1cc(=O)[nH]c(-c2ccccc2N=[N+]=[N-])n1.Clc1cc2nc(n1)-c1ccccc1-n1cc(nn1)-c1ccccc1C2.Nc1cc2nc(n1)-c1ccccc1-n1cc(nn1)-c1ccccc1C2. The molecule has 7 heterocycles. The van der Waals surface area contributed by atoms with Gasteiger partial charge >= 0.3 is 0 Å². The van der Waals surface area contributed by atoms with Gasteiger partial charge in [-0.15, -0.1) is 16.6 Å². The van der Waals surface area contributed by atoms with E-state index in [1.54, 1.807) is 33.6 Å². The minimum atomic E-state index is -0.283. The Balaban J connectivity index is 0.000000120. The van der Waals surface area contributed by atoms with Gasteiger partial charge in [0.05, 0.1) is 40.9 Å². The van der Waals surface area contributed by atoms with Crippen LogP contribution in [0.2, 0.25) is 5.15 Å². The van der Waals surface area contributed by atoms with Crippen molar-refractivity contribution < 1.29 is 0 Å². The third-order valence-corrected chi connectivity index (χ3v) is 12.5. The van der Waals surface area contributed by atoms with Crippen LogP contribution in [0, 0.1) is 12.3 Å². The first-order valence-corrected chi connectivity index (χ1v) is 23.8. The molecule has 11 aromatic rings. The quantitative estimate of drug-likeness (QED) is 0.0553. The summed E-state index contributed by atoms with van der Waals surface area (Å²) >= 11 is 6.28. The number of aromatic nitrogens is 12. The summed E-state index contributed by atoms with van der Waals surface area (Å²) in [5.74, 6) is 4.64. The van der Waals surface area contributed by atoms with Gasteiger partial charge in [-0.25, -0.2) is 34.3 Å². The Kier molecular flexibility index (Phi) is 13.0. The van der Waals surface area contributed by atoms with Crippen molar-refractivity contribution in [3.05, 3.63) is 241 Å². The van der Waals surface area contributed by atoms with E-state index in [0.29, 0.717) is 64.7 Å². The number of nitrogens with zero attached hydrogens (tertiary/aromatic N) is 14. The summed E-state index contributed by atoms with van der Waals surface area (Å²) < 4.78 is 3.52. The Labute approximate surface area is 433 Å². The molecule has 0 fully saturated rings. The van der Waals surface area contributed by atoms with E-state index in [2.05, 4.69) is 80.8 Å². The Hall–Kier alpha value is -10.4. The minimum absolute atomic E-state index is 0.283. The molecule has 0 unspecified atom stereocenters. The molecule has 3 N–H and O–H groups in total. The number of nitrogens with one attached hydrogen (secondary N) is 1. The molecule has 0 aliphatic carbocycles. The Morgan fingerprint density at radius 1 is 0.640 bits per heavy atom. The molecule has 0 spiro atoms. The monoisotopic (exact) mass is 998 g/mol. The highest BCUT2D eigenvalue weighted by Gasteiger charge is 2.20. The van der Waals surface area contributed by atoms with Crippen LogP contribution < -0.4 is 11.3 Å². The van der Waals surface area contributed by atoms with E-state index >= 15 is 0 Å². The summed E-state index contributed by atoms with van der Waals surface area (Å²) in [7, 11) is 0. The zero-order valence-electron chi connectivity index (χ0n) is 39.6. The normalized spacial score (nSPS) is 11.3. The summed E-state index contributed by atoms with van der Waals surface area (Å²) in [6, 6.07) is 51.6. The number of para-hydroxylation sites is 2. The van der Waals surface area contributed by atoms with Crippen LogP contribution in [0.3, 0.4) is 0 Å². The number of H-pyrrole nitrogens is 1. The molecule has 13 rings (SSSR count). The second-order valence-corrected chi connectivity index (χ2v) is 17.6. The number of hydrogen-bond acceptors (Lipinski definition) is 12. The molecule has 0 atom stereocenters. The number of terminal acetylenes is 1. The van der Waals surface area contributed by atoms with Gasteiger partial charge in [-0.05, 0) is 58.6 Å². The molecule has 8 bridgehead atoms. The van der Waals surface area contributed by atoms with Crippen LogP contribution in [-0.2, 0) is 19.3 Å². The van der Waals surface area contributed by atoms with Crippen molar-refractivity contribution in [1.82, 2.24) is 59.9 Å². The molecule has 0 radical (unpaired) electrons. The largest absolute Gasteiger partial charge is 0.384 e. The van der Waals surface area contributed by atoms with Crippen molar-refractivity contribution in [3.63, 3.8) is 0 Å². The van der Waals surface area contributed by atoms with E-state index in [1.807, 2.05) is 122 Å². The van der Waals surface area contributed by atoms with Crippen molar-refractivity contribution in [3.8, 4) is 80.4 Å². The topological polar surface area (TPSA) is 234 Å². The fourth-order valence-corrected chi connectivity index (χ4v) is 9.13. The number of benzene rings is 6. The fraction of sp³-hybridized carbons (Fsp3) is 0.0526. The number of hydrogen-bond donors (Lipinski definition) is 2. The van der Waals surface area contributed by atoms with E-state index < -0.39 is 0 Å². The average molecular weight is 1000 g/mol. The third kappa shape index (κ3) is 10.1. The molecule has 0 saturated carbocycles. The Morgan fingerprint density at radius 2 is 1.17 bits per heavy atom. The van der Waals surface area contributed by atoms with Gasteiger partial charge < -0.3 is 10.7 Å². The van der Waals surface area contributed by atoms with Gasteiger partial charge in [-0.3, -0.25) is 4.79 Å². The molecule has 18 heteroatoms. The predicted octanol–water partition coefficient (Wildman–Crippen LogP) is 10.8. The van der Waals surface area contributed by atoms with Crippen LogP contribution >= 0.6 is 11.6 Å². The zero-order valence-corrected chi connectivity index (χ0v) is 40.3. The van der Waals surface area contributed by atoms with Crippen LogP contribution in [-0.4, -0.2) is 59.9 Å². The van der Waals surface area contributed by atoms with Crippen molar-refractivity contribution >= 4 is 23.1 Å². The van der Waals surface area contributed by atoms with Crippen LogP contribution in [0.25, 0.3) is 78.5 Å². The number of azide groups is 1. The van der Waals surface area contributed by atoms with Crippen molar-refractivity contribution in [2.24, 2.45) is 5.11 Å². The lowest BCUT2D eigenvalue weighted by atomic mass is 10.0. The average Bonchev–Trinajstić information content (AvgIpc) is 4.13. The highest BCUT2D eigenvalue weighted by Crippen LogP contribution is 2.33. The summed E-state index contributed by atoms with van der Waals surface area (Å²) in [4.78, 5) is 40.4. The van der Waals surface area contributed by atoms with Gasteiger partial charge in [0, 0.05) is 75.4 Å². The standard InChI is InChI=1S/C19H12ClN5.C19H14N6.C19H13N5O/c2*20-18-10-13-9-12-5-1-2-6-14(12)16-11-25(24-23-16)17-8-4-3-7-15(17)19(21-13)22-18;1-2-13-7-3-4-8-14(13)11-15-12-18(25)22-19(21-15)16-9-5-6-10-17(16)23-24-20/h1-8,10-11H,9H2;1-8,10-11H,9H2,(H2,20,21,22);1,3-10,12H,11H2,(H,21,22,25). The Morgan fingerprint density at radius 3 is 1.80 bits per heavy atom. The van der Waals surface area contributed by atoms with Gasteiger partial charge in [-0.2, -0.15) is 0 Å². The number of nitrogen functional groups attached to an aromatic ring is 1. The molecule has 5 aromatic heterocycles. The molecular weight excluding hydrogens is 960 g/mol. The minimum Gasteiger partial charge on any atom is -0.384 e. The van der Waals surface area contributed by atoms with Crippen molar-refractivity contribution in [2.45, 2.75) is 19.3 Å². The van der Waals surface area contributed by atoms with Crippen LogP contribution in [0.4, 0.5) is 11.5 Å². The van der Waals surface area contributed by atoms with Crippen LogP contribution in [0.1, 0.15) is 39.3 Å². The van der Waals surface area contributed by atoms with E-state index in [4.69, 9.17) is 39.3 Å². The smallest absolute Gasteiger partial charge is 0.251 e. The fourth-order valence-electron chi connectivity index (χ4n) is 8.92. The molecule has 0 saturated heterocycles. The van der Waals surface area contributed by atoms with Crippen LogP contribution in [0.5, 0.6) is 0 Å². The van der Waals surface area contributed by atoms with Crippen molar-refractivity contribution in [1.29, 1.82) is 0 Å². The molecule has 75 heavy (non-hydrogen) atoms. The van der Waals surface area contributed by atoms with Crippen molar-refractivity contribution in [2.75, 3.05) is 5.73 Å². The Bertz CT molecular complexity index is 3940. The van der Waals surface area contributed by atoms with Gasteiger partial charge in [-0.1, -0.05) is 148 Å². The summed E-state index contributed by atoms with van der Waals surface area (Å²) in [6.07, 6.45) is 11.1. The molecule has 17 nitrogen and oxygen atoms in total. The lowest BCUT2D eigenvalue weighted by Gasteiger charge is -2.10. The number of aromatic amines is 1. The van der Waals surface area contributed by atoms with E-state index in [0.717, 1.165) is 78.7 Å². The first-order chi connectivity index (χ1) is 36.8. The molecule has 0 amide bonds. The van der Waals surface area contributed by atoms with E-state index in [9.17, 15) is 4.79 Å². The maximum atomic E-state index is 12.1. The number of rotatable bonds is 4. The molecule has 2 aliphatic rings.